The van der Waals surface area contributed by atoms with Crippen molar-refractivity contribution >= 4 is 15.9 Å². The summed E-state index contributed by atoms with van der Waals surface area (Å²) in [5, 5.41) is 0. The zero-order valence-corrected chi connectivity index (χ0v) is 15.9. The number of carbonyl (C=O) groups excluding carboxylic acids is 1. The zero-order valence-electron chi connectivity index (χ0n) is 15.1. The Hall–Kier alpha value is -2.22. The van der Waals surface area contributed by atoms with E-state index < -0.39 is 15.9 Å². The number of carbonyl (C=O) groups is 1. The quantitative estimate of drug-likeness (QED) is 0.702. The van der Waals surface area contributed by atoms with Crippen LogP contribution in [0.1, 0.15) is 35.3 Å². The van der Waals surface area contributed by atoms with Gasteiger partial charge in [0.1, 0.15) is 0 Å². The van der Waals surface area contributed by atoms with Gasteiger partial charge in [-0.15, -0.1) is 0 Å². The zero-order chi connectivity index (χ0) is 19.2. The maximum absolute atomic E-state index is 12.5. The van der Waals surface area contributed by atoms with Crippen LogP contribution in [0, 0.1) is 0 Å². The van der Waals surface area contributed by atoms with Crippen molar-refractivity contribution in [1.29, 1.82) is 0 Å². The van der Waals surface area contributed by atoms with E-state index in [0.29, 0.717) is 0 Å². The fraction of sp³-hybridized carbons (Fsp3) is 0.316. The van der Waals surface area contributed by atoms with Gasteiger partial charge in [-0.25, -0.2) is 13.1 Å². The fourth-order valence-corrected chi connectivity index (χ4v) is 3.63. The molecule has 0 aromatic heterocycles. The van der Waals surface area contributed by atoms with Gasteiger partial charge in [-0.2, -0.15) is 0 Å². The molecule has 0 fully saturated rings. The van der Waals surface area contributed by atoms with E-state index >= 15 is 0 Å². The maximum Gasteiger partial charge on any atom is 0.248 e. The summed E-state index contributed by atoms with van der Waals surface area (Å²) in [6.45, 7) is 7.05. The Balaban J connectivity index is 2.13. The molecule has 0 saturated carbocycles. The highest BCUT2D eigenvalue weighted by atomic mass is 32.2. The SMILES string of the molecule is CCN(CC)Cc1ccccc1CNS(=O)(=O)c1ccc(C(N)=O)cc1. The minimum absolute atomic E-state index is 0.101. The Morgan fingerprint density at radius 3 is 2.12 bits per heavy atom. The Morgan fingerprint density at radius 1 is 1.00 bits per heavy atom. The number of nitrogens with one attached hydrogen (secondary N) is 1. The van der Waals surface area contributed by atoms with Crippen LogP contribution in [0.2, 0.25) is 0 Å². The van der Waals surface area contributed by atoms with E-state index in [2.05, 4.69) is 23.5 Å². The van der Waals surface area contributed by atoms with Crippen LogP contribution >= 0.6 is 0 Å². The first kappa shape index (κ1) is 20.1. The van der Waals surface area contributed by atoms with Crippen molar-refractivity contribution in [3.63, 3.8) is 0 Å². The molecule has 0 saturated heterocycles. The molecule has 0 atom stereocenters. The molecule has 0 bridgehead atoms. The summed E-state index contributed by atoms with van der Waals surface area (Å²) >= 11 is 0. The first-order chi connectivity index (χ1) is 12.4. The molecule has 2 aromatic carbocycles. The van der Waals surface area contributed by atoms with E-state index in [1.165, 1.54) is 24.3 Å². The van der Waals surface area contributed by atoms with Crippen LogP contribution in [0.5, 0.6) is 0 Å². The lowest BCUT2D eigenvalue weighted by atomic mass is 10.1. The maximum atomic E-state index is 12.5. The summed E-state index contributed by atoms with van der Waals surface area (Å²) in [5.74, 6) is -0.591. The minimum atomic E-state index is -3.67. The third-order valence-electron chi connectivity index (χ3n) is 4.31. The van der Waals surface area contributed by atoms with E-state index in [1.54, 1.807) is 0 Å². The Kier molecular flexibility index (Phi) is 6.90. The lowest BCUT2D eigenvalue weighted by molar-refractivity contribution is 0.1000. The lowest BCUT2D eigenvalue weighted by Gasteiger charge is -2.20. The van der Waals surface area contributed by atoms with Gasteiger partial charge in [0.05, 0.1) is 4.90 Å². The van der Waals surface area contributed by atoms with Crippen molar-refractivity contribution in [3.05, 3.63) is 65.2 Å². The molecule has 2 rings (SSSR count). The van der Waals surface area contributed by atoms with Crippen LogP contribution in [0.25, 0.3) is 0 Å². The molecule has 0 unspecified atom stereocenters. The second kappa shape index (κ2) is 8.93. The van der Waals surface area contributed by atoms with Gasteiger partial charge in [0.15, 0.2) is 0 Å². The molecule has 0 aliphatic carbocycles. The van der Waals surface area contributed by atoms with Gasteiger partial charge < -0.3 is 5.73 Å². The summed E-state index contributed by atoms with van der Waals surface area (Å²) in [5.41, 5.74) is 7.49. The number of hydrogen-bond acceptors (Lipinski definition) is 4. The molecule has 0 aliphatic heterocycles. The smallest absolute Gasteiger partial charge is 0.248 e. The van der Waals surface area contributed by atoms with E-state index in [4.69, 9.17) is 5.73 Å². The number of rotatable bonds is 9. The Morgan fingerprint density at radius 2 is 1.58 bits per heavy atom. The fourth-order valence-electron chi connectivity index (χ4n) is 2.63. The second-order valence-corrected chi connectivity index (χ2v) is 7.71. The van der Waals surface area contributed by atoms with Crippen LogP contribution in [0.3, 0.4) is 0 Å². The standard InChI is InChI=1S/C19H25N3O3S/c1-3-22(4-2)14-17-8-6-5-7-16(17)13-21-26(24,25)18-11-9-15(10-12-18)19(20)23/h5-12,21H,3-4,13-14H2,1-2H3,(H2,20,23). The average Bonchev–Trinajstić information content (AvgIpc) is 2.65. The Labute approximate surface area is 155 Å². The number of benzene rings is 2. The highest BCUT2D eigenvalue weighted by Crippen LogP contribution is 2.15. The van der Waals surface area contributed by atoms with Crippen LogP contribution in [0.15, 0.2) is 53.4 Å². The van der Waals surface area contributed by atoms with Crippen LogP contribution in [-0.2, 0) is 23.1 Å². The molecule has 6 nitrogen and oxygen atoms in total. The Bertz CT molecular complexity index is 845. The molecule has 2 aromatic rings. The van der Waals surface area contributed by atoms with Gasteiger partial charge in [0.2, 0.25) is 15.9 Å². The molecule has 26 heavy (non-hydrogen) atoms. The molecule has 3 N–H and O–H groups in total. The van der Waals surface area contributed by atoms with Gasteiger partial charge in [-0.1, -0.05) is 38.1 Å². The summed E-state index contributed by atoms with van der Waals surface area (Å²) in [7, 11) is -3.67. The molecular formula is C19H25N3O3S. The molecule has 1 amide bonds. The van der Waals surface area contributed by atoms with Crippen molar-refractivity contribution in [2.45, 2.75) is 31.8 Å². The van der Waals surface area contributed by atoms with Crippen molar-refractivity contribution < 1.29 is 13.2 Å². The number of sulfonamides is 1. The topological polar surface area (TPSA) is 92.5 Å². The van der Waals surface area contributed by atoms with E-state index in [1.807, 2.05) is 24.3 Å². The largest absolute Gasteiger partial charge is 0.366 e. The number of primary amides is 1. The van der Waals surface area contributed by atoms with Crippen LogP contribution < -0.4 is 10.5 Å². The normalized spacial score (nSPS) is 11.7. The molecule has 0 aliphatic rings. The molecule has 0 spiro atoms. The highest BCUT2D eigenvalue weighted by molar-refractivity contribution is 7.89. The summed E-state index contributed by atoms with van der Waals surface area (Å²) in [6, 6.07) is 13.4. The third kappa shape index (κ3) is 5.14. The molecular weight excluding hydrogens is 350 g/mol. The molecule has 140 valence electrons. The second-order valence-electron chi connectivity index (χ2n) is 5.94. The van der Waals surface area contributed by atoms with Gasteiger partial charge in [0.25, 0.3) is 0 Å². The highest BCUT2D eigenvalue weighted by Gasteiger charge is 2.15. The number of hydrogen-bond donors (Lipinski definition) is 2. The third-order valence-corrected chi connectivity index (χ3v) is 5.73. The summed E-state index contributed by atoms with van der Waals surface area (Å²) in [6.07, 6.45) is 0. The van der Waals surface area contributed by atoms with Crippen molar-refractivity contribution in [3.8, 4) is 0 Å². The predicted octanol–water partition coefficient (Wildman–Crippen LogP) is 2.11. The first-order valence-corrected chi connectivity index (χ1v) is 10.0. The van der Waals surface area contributed by atoms with Crippen molar-refractivity contribution in [2.75, 3.05) is 13.1 Å². The van der Waals surface area contributed by atoms with Crippen molar-refractivity contribution in [2.24, 2.45) is 5.73 Å². The van der Waals surface area contributed by atoms with Gasteiger partial charge in [0, 0.05) is 18.7 Å². The monoisotopic (exact) mass is 375 g/mol. The van der Waals surface area contributed by atoms with Crippen LogP contribution in [0.4, 0.5) is 0 Å². The van der Waals surface area contributed by atoms with Crippen molar-refractivity contribution in [1.82, 2.24) is 9.62 Å². The molecule has 0 radical (unpaired) electrons. The summed E-state index contributed by atoms with van der Waals surface area (Å²) in [4.78, 5) is 13.5. The van der Waals surface area contributed by atoms with E-state index in [0.717, 1.165) is 30.8 Å². The number of amides is 1. The molecule has 0 heterocycles. The minimum Gasteiger partial charge on any atom is -0.366 e. The average molecular weight is 375 g/mol. The molecule has 7 heteroatoms. The van der Waals surface area contributed by atoms with E-state index in [9.17, 15) is 13.2 Å². The first-order valence-electron chi connectivity index (χ1n) is 8.56. The predicted molar refractivity (Wildman–Crippen MR) is 102 cm³/mol. The lowest BCUT2D eigenvalue weighted by Crippen LogP contribution is -2.26. The van der Waals surface area contributed by atoms with Gasteiger partial charge in [-0.3, -0.25) is 9.69 Å². The van der Waals surface area contributed by atoms with Gasteiger partial charge >= 0.3 is 0 Å². The number of nitrogens with two attached hydrogens (primary N) is 1. The van der Waals surface area contributed by atoms with Gasteiger partial charge in [-0.05, 0) is 48.5 Å². The number of nitrogens with zero attached hydrogens (tertiary/aromatic N) is 1. The summed E-state index contributed by atoms with van der Waals surface area (Å²) < 4.78 is 27.6. The van der Waals surface area contributed by atoms with E-state index in [-0.39, 0.29) is 17.0 Å². The van der Waals surface area contributed by atoms with Crippen LogP contribution in [-0.4, -0.2) is 32.3 Å².